The van der Waals surface area contributed by atoms with Crippen molar-refractivity contribution in [2.24, 2.45) is 0 Å². The highest BCUT2D eigenvalue weighted by Gasteiger charge is 2.25. The third kappa shape index (κ3) is 9.97. The van der Waals surface area contributed by atoms with E-state index in [1.165, 1.54) is 0 Å². The summed E-state index contributed by atoms with van der Waals surface area (Å²) >= 11 is 12.2. The van der Waals surface area contributed by atoms with Gasteiger partial charge in [0.1, 0.15) is 0 Å². The Morgan fingerprint density at radius 3 is 2.49 bits per heavy atom. The van der Waals surface area contributed by atoms with Gasteiger partial charge in [0.25, 0.3) is 0 Å². The number of rotatable bonds is 9. The summed E-state index contributed by atoms with van der Waals surface area (Å²) in [4.78, 5) is 16.0. The Morgan fingerprint density at radius 2 is 1.86 bits per heavy atom. The molecule has 3 N–H and O–H groups in total. The molecule has 0 saturated carbocycles. The van der Waals surface area contributed by atoms with Crippen LogP contribution in [0.5, 0.6) is 5.75 Å². The van der Waals surface area contributed by atoms with Crippen molar-refractivity contribution in [2.75, 3.05) is 6.61 Å². The van der Waals surface area contributed by atoms with Gasteiger partial charge in [0.2, 0.25) is 5.91 Å². The van der Waals surface area contributed by atoms with Gasteiger partial charge in [0.15, 0.2) is 5.75 Å². The number of pyridine rings is 1. The molecular weight excluding hydrogens is 488 g/mol. The van der Waals surface area contributed by atoms with Crippen molar-refractivity contribution < 1.29 is 19.6 Å². The van der Waals surface area contributed by atoms with Crippen LogP contribution in [0.2, 0.25) is 10.0 Å². The first-order valence-electron chi connectivity index (χ1n) is 10.9. The molecule has 3 aromatic rings. The van der Waals surface area contributed by atoms with Crippen LogP contribution in [-0.4, -0.2) is 40.6 Å². The third-order valence-electron chi connectivity index (χ3n) is 4.81. The quantitative estimate of drug-likeness (QED) is 0.373. The molecule has 1 amide bonds. The maximum Gasteiger partial charge on any atom is 0.475 e. The van der Waals surface area contributed by atoms with Crippen LogP contribution >= 0.6 is 23.2 Å². The number of amides is 1. The van der Waals surface area contributed by atoms with Crippen LogP contribution in [0, 0.1) is 18.3 Å². The highest BCUT2D eigenvalue weighted by atomic mass is 35.5. The molecule has 0 aliphatic rings. The molecule has 0 aliphatic heterocycles. The molecule has 0 bridgehead atoms. The first kappa shape index (κ1) is 28.2. The van der Waals surface area contributed by atoms with Crippen LogP contribution in [-0.2, 0) is 17.6 Å². The fourth-order valence-electron chi connectivity index (χ4n) is 2.97. The van der Waals surface area contributed by atoms with Gasteiger partial charge in [-0.2, -0.15) is 5.26 Å². The van der Waals surface area contributed by atoms with E-state index in [2.05, 4.69) is 10.3 Å². The van der Waals surface area contributed by atoms with Crippen molar-refractivity contribution >= 4 is 36.2 Å². The molecule has 2 aromatic carbocycles. The Hall–Kier alpha value is -3.09. The number of hydrogen-bond donors (Lipinski definition) is 3. The van der Waals surface area contributed by atoms with E-state index in [4.69, 9.17) is 33.2 Å². The van der Waals surface area contributed by atoms with Crippen LogP contribution in [0.15, 0.2) is 66.9 Å². The minimum atomic E-state index is -1.67. The normalized spacial score (nSPS) is 10.9. The topological polar surface area (TPSA) is 115 Å². The Balaban J connectivity index is 0.000000402. The predicted octanol–water partition coefficient (Wildman–Crippen LogP) is 3.96. The average Bonchev–Trinajstić information content (AvgIpc) is 2.85. The number of benzene rings is 2. The number of aryl methyl sites for hydroxylation is 1. The zero-order chi connectivity index (χ0) is 25.6. The maximum absolute atomic E-state index is 12.1. The van der Waals surface area contributed by atoms with Gasteiger partial charge in [0, 0.05) is 6.20 Å². The second-order valence-corrected chi connectivity index (χ2v) is 8.32. The Kier molecular flexibility index (Phi) is 12.1. The summed E-state index contributed by atoms with van der Waals surface area (Å²) in [5.41, 5.74) is 2.54. The molecule has 0 fully saturated rings. The number of nitrogens with one attached hydrogen (secondary N) is 1. The van der Waals surface area contributed by atoms with Gasteiger partial charge >= 0.3 is 7.12 Å². The minimum Gasteiger partial charge on any atom is -0.490 e. The lowest BCUT2D eigenvalue weighted by Crippen LogP contribution is -2.48. The lowest BCUT2D eigenvalue weighted by molar-refractivity contribution is -0.122. The van der Waals surface area contributed by atoms with E-state index < -0.39 is 13.1 Å². The van der Waals surface area contributed by atoms with Crippen LogP contribution in [0.1, 0.15) is 23.2 Å². The highest BCUT2D eigenvalue weighted by molar-refractivity contribution is 6.43. The van der Waals surface area contributed by atoms with Crippen molar-refractivity contribution in [3.05, 3.63) is 93.7 Å². The van der Waals surface area contributed by atoms with Crippen LogP contribution < -0.4 is 10.1 Å². The fourth-order valence-corrected chi connectivity index (χ4v) is 3.45. The van der Waals surface area contributed by atoms with E-state index >= 15 is 0 Å². The van der Waals surface area contributed by atoms with Crippen molar-refractivity contribution in [3.63, 3.8) is 0 Å². The zero-order valence-electron chi connectivity index (χ0n) is 19.2. The molecule has 1 atom stereocenters. The second-order valence-electron chi connectivity index (χ2n) is 7.54. The Labute approximate surface area is 215 Å². The summed E-state index contributed by atoms with van der Waals surface area (Å²) in [5, 5.41) is 30.6. The van der Waals surface area contributed by atoms with Gasteiger partial charge in [-0.05, 0) is 42.7 Å². The van der Waals surface area contributed by atoms with E-state index in [1.807, 2.05) is 61.5 Å². The predicted molar refractivity (Wildman–Crippen MR) is 137 cm³/mol. The van der Waals surface area contributed by atoms with E-state index in [0.717, 1.165) is 16.8 Å². The molecule has 1 heterocycles. The minimum absolute atomic E-state index is 0.0264. The van der Waals surface area contributed by atoms with Crippen molar-refractivity contribution in [3.8, 4) is 11.8 Å². The van der Waals surface area contributed by atoms with E-state index in [9.17, 15) is 14.8 Å². The lowest BCUT2D eigenvalue weighted by Gasteiger charge is -2.18. The SMILES string of the molecule is Cc1ccc(Cl)c(OCCC(=O)NC(Cc2ccccc2)B(O)O)c1Cl.N#CCc1ccccn1. The summed E-state index contributed by atoms with van der Waals surface area (Å²) < 4.78 is 5.53. The van der Waals surface area contributed by atoms with Crippen LogP contribution in [0.3, 0.4) is 0 Å². The summed E-state index contributed by atoms with van der Waals surface area (Å²) in [6.45, 7) is 1.89. The number of nitrogens with zero attached hydrogens (tertiary/aromatic N) is 2. The molecule has 0 aliphatic carbocycles. The standard InChI is InChI=1S/C18H20BCl2NO4.C7H6N2/c1-12-7-8-14(20)18(17(12)21)26-10-9-16(23)22-15(19(24)25)11-13-5-3-2-4-6-13;8-5-4-7-3-1-2-6-9-7/h2-8,15,24-25H,9-11H2,1H3,(H,22,23);1-3,6H,4H2. The molecule has 3 rings (SSSR count). The second kappa shape index (κ2) is 15.0. The Bertz CT molecular complexity index is 1110. The number of carbonyl (C=O) groups is 1. The number of hydrogen-bond acceptors (Lipinski definition) is 6. The smallest absolute Gasteiger partial charge is 0.475 e. The first-order valence-corrected chi connectivity index (χ1v) is 11.6. The van der Waals surface area contributed by atoms with E-state index in [-0.39, 0.29) is 18.9 Å². The summed E-state index contributed by atoms with van der Waals surface area (Å²) in [6.07, 6.45) is 2.42. The van der Waals surface area contributed by atoms with Gasteiger partial charge in [-0.15, -0.1) is 0 Å². The van der Waals surface area contributed by atoms with Gasteiger partial charge in [-0.25, -0.2) is 0 Å². The Morgan fingerprint density at radius 1 is 1.14 bits per heavy atom. The maximum atomic E-state index is 12.1. The summed E-state index contributed by atoms with van der Waals surface area (Å²) in [7, 11) is -1.67. The fraction of sp³-hybridized carbons (Fsp3) is 0.240. The van der Waals surface area contributed by atoms with Gasteiger partial charge < -0.3 is 20.1 Å². The van der Waals surface area contributed by atoms with Crippen molar-refractivity contribution in [2.45, 2.75) is 32.1 Å². The monoisotopic (exact) mass is 513 g/mol. The molecule has 182 valence electrons. The van der Waals surface area contributed by atoms with Gasteiger partial charge in [0.05, 0.1) is 47.2 Å². The molecule has 0 spiro atoms. The molecular formula is C25H26BCl2N3O4. The summed E-state index contributed by atoms with van der Waals surface area (Å²) in [6, 6.07) is 20.3. The molecule has 0 radical (unpaired) electrons. The number of ether oxygens (including phenoxy) is 1. The van der Waals surface area contributed by atoms with Crippen LogP contribution in [0.25, 0.3) is 0 Å². The van der Waals surface area contributed by atoms with Gasteiger partial charge in [-0.3, -0.25) is 9.78 Å². The average molecular weight is 514 g/mol. The van der Waals surface area contributed by atoms with Gasteiger partial charge in [-0.1, -0.05) is 65.7 Å². The van der Waals surface area contributed by atoms with E-state index in [0.29, 0.717) is 28.6 Å². The lowest BCUT2D eigenvalue weighted by atomic mass is 9.76. The number of halogens is 2. The van der Waals surface area contributed by atoms with Crippen molar-refractivity contribution in [1.29, 1.82) is 5.26 Å². The third-order valence-corrected chi connectivity index (χ3v) is 5.58. The number of nitriles is 1. The molecule has 35 heavy (non-hydrogen) atoms. The van der Waals surface area contributed by atoms with Crippen molar-refractivity contribution in [1.82, 2.24) is 10.3 Å². The largest absolute Gasteiger partial charge is 0.490 e. The number of carbonyl (C=O) groups excluding carboxylic acids is 1. The van der Waals surface area contributed by atoms with Crippen LogP contribution in [0.4, 0.5) is 0 Å². The zero-order valence-corrected chi connectivity index (χ0v) is 20.7. The molecule has 0 saturated heterocycles. The van der Waals surface area contributed by atoms with E-state index in [1.54, 1.807) is 18.3 Å². The molecule has 1 aromatic heterocycles. The molecule has 10 heteroatoms. The molecule has 7 nitrogen and oxygen atoms in total. The first-order chi connectivity index (χ1) is 16.8. The molecule has 1 unspecified atom stereocenters. The highest BCUT2D eigenvalue weighted by Crippen LogP contribution is 2.35. The number of aromatic nitrogens is 1. The summed E-state index contributed by atoms with van der Waals surface area (Å²) in [5.74, 6) is -0.834.